The maximum absolute atomic E-state index is 12.1. The molecule has 0 radical (unpaired) electrons. The summed E-state index contributed by atoms with van der Waals surface area (Å²) >= 11 is 0. The van der Waals surface area contributed by atoms with Crippen molar-refractivity contribution in [2.24, 2.45) is 5.92 Å². The van der Waals surface area contributed by atoms with Crippen molar-refractivity contribution < 1.29 is 14.6 Å². The van der Waals surface area contributed by atoms with Gasteiger partial charge in [0.05, 0.1) is 0 Å². The van der Waals surface area contributed by atoms with E-state index in [0.717, 1.165) is 29.7 Å². The summed E-state index contributed by atoms with van der Waals surface area (Å²) in [5.41, 5.74) is 2.27. The van der Waals surface area contributed by atoms with E-state index in [9.17, 15) is 9.90 Å². The Balaban J connectivity index is 1.32. The van der Waals surface area contributed by atoms with Crippen molar-refractivity contribution in [3.8, 4) is 5.75 Å². The molecule has 1 aliphatic rings. The highest BCUT2D eigenvalue weighted by atomic mass is 16.5. The molecule has 0 aromatic heterocycles. The molecule has 0 heterocycles. The molecule has 1 fully saturated rings. The van der Waals surface area contributed by atoms with Crippen LogP contribution in [-0.4, -0.2) is 23.7 Å². The van der Waals surface area contributed by atoms with Crippen LogP contribution in [0.3, 0.4) is 0 Å². The van der Waals surface area contributed by atoms with E-state index in [4.69, 9.17) is 4.74 Å². The van der Waals surface area contributed by atoms with Gasteiger partial charge >= 0.3 is 0 Å². The minimum Gasteiger partial charge on any atom is -0.489 e. The summed E-state index contributed by atoms with van der Waals surface area (Å²) in [6.07, 6.45) is 7.80. The number of aliphatic hydroxyl groups is 1. The van der Waals surface area contributed by atoms with Gasteiger partial charge in [-0.25, -0.2) is 0 Å². The standard InChI is InChI=1S/C25H33NO3/c27-24(16-13-20-7-3-1-4-8-20)25(28)26-18-17-21-11-14-23(15-12-21)29-19-22-9-5-2-6-10-22/h2,5-6,9-12,14-15,20,24,27H,1,3-4,7-8,13,16-19H2,(H,26,28). The maximum atomic E-state index is 12.1. The zero-order valence-electron chi connectivity index (χ0n) is 17.2. The Labute approximate surface area is 174 Å². The van der Waals surface area contributed by atoms with Crippen LogP contribution in [0, 0.1) is 5.92 Å². The van der Waals surface area contributed by atoms with E-state index < -0.39 is 6.10 Å². The molecule has 1 aliphatic carbocycles. The first kappa shape index (κ1) is 21.4. The van der Waals surface area contributed by atoms with E-state index >= 15 is 0 Å². The third-order valence-corrected chi connectivity index (χ3v) is 5.76. The summed E-state index contributed by atoms with van der Waals surface area (Å²) in [4.78, 5) is 12.1. The molecule has 1 saturated carbocycles. The number of carbonyl (C=O) groups is 1. The van der Waals surface area contributed by atoms with Crippen LogP contribution < -0.4 is 10.1 Å². The summed E-state index contributed by atoms with van der Waals surface area (Å²) in [7, 11) is 0. The van der Waals surface area contributed by atoms with Gasteiger partial charge in [0.2, 0.25) is 5.91 Å². The zero-order valence-corrected chi connectivity index (χ0v) is 17.2. The largest absolute Gasteiger partial charge is 0.489 e. The molecule has 0 aliphatic heterocycles. The quantitative estimate of drug-likeness (QED) is 0.616. The lowest BCUT2D eigenvalue weighted by atomic mass is 9.85. The summed E-state index contributed by atoms with van der Waals surface area (Å²) in [6, 6.07) is 18.0. The number of nitrogens with one attached hydrogen (secondary N) is 1. The Morgan fingerprint density at radius 2 is 1.72 bits per heavy atom. The van der Waals surface area contributed by atoms with Crippen LogP contribution in [-0.2, 0) is 17.8 Å². The van der Waals surface area contributed by atoms with Crippen LogP contribution >= 0.6 is 0 Å². The highest BCUT2D eigenvalue weighted by Crippen LogP contribution is 2.27. The number of benzene rings is 2. The van der Waals surface area contributed by atoms with E-state index in [1.54, 1.807) is 0 Å². The molecule has 0 saturated heterocycles. The summed E-state index contributed by atoms with van der Waals surface area (Å²) in [5, 5.41) is 13.0. The first-order valence-corrected chi connectivity index (χ1v) is 10.9. The van der Waals surface area contributed by atoms with Gasteiger partial charge in [0, 0.05) is 6.54 Å². The fourth-order valence-electron chi connectivity index (χ4n) is 3.94. The smallest absolute Gasteiger partial charge is 0.248 e. The van der Waals surface area contributed by atoms with Crippen molar-refractivity contribution in [3.05, 3.63) is 65.7 Å². The van der Waals surface area contributed by atoms with Gasteiger partial charge in [0.1, 0.15) is 18.5 Å². The number of hydrogen-bond acceptors (Lipinski definition) is 3. The lowest BCUT2D eigenvalue weighted by molar-refractivity contribution is -0.129. The molecule has 0 bridgehead atoms. The molecular formula is C25H33NO3. The predicted octanol–water partition coefficient (Wildman–Crippen LogP) is 4.65. The number of ether oxygens (including phenoxy) is 1. The fourth-order valence-corrected chi connectivity index (χ4v) is 3.94. The van der Waals surface area contributed by atoms with Gasteiger partial charge < -0.3 is 15.2 Å². The van der Waals surface area contributed by atoms with Crippen LogP contribution in [0.15, 0.2) is 54.6 Å². The second-order valence-corrected chi connectivity index (χ2v) is 8.06. The summed E-state index contributed by atoms with van der Waals surface area (Å²) in [6.45, 7) is 1.08. The van der Waals surface area contributed by atoms with Gasteiger partial charge in [0.15, 0.2) is 0 Å². The molecule has 1 atom stereocenters. The normalized spacial score (nSPS) is 15.6. The molecule has 4 heteroatoms. The molecule has 0 spiro atoms. The van der Waals surface area contributed by atoms with Gasteiger partial charge in [-0.05, 0) is 48.4 Å². The molecule has 2 aromatic rings. The van der Waals surface area contributed by atoms with Crippen molar-refractivity contribution in [1.29, 1.82) is 0 Å². The van der Waals surface area contributed by atoms with Gasteiger partial charge in [-0.2, -0.15) is 0 Å². The molecule has 2 aromatic carbocycles. The van der Waals surface area contributed by atoms with E-state index in [1.165, 1.54) is 32.1 Å². The topological polar surface area (TPSA) is 58.6 Å². The van der Waals surface area contributed by atoms with Crippen molar-refractivity contribution in [3.63, 3.8) is 0 Å². The lowest BCUT2D eigenvalue weighted by Crippen LogP contribution is -2.36. The number of hydrogen-bond donors (Lipinski definition) is 2. The molecule has 1 unspecified atom stereocenters. The van der Waals surface area contributed by atoms with Gasteiger partial charge in [0.25, 0.3) is 0 Å². The van der Waals surface area contributed by atoms with Crippen molar-refractivity contribution >= 4 is 5.91 Å². The SMILES string of the molecule is O=C(NCCc1ccc(OCc2ccccc2)cc1)C(O)CCC1CCCCC1. The number of carbonyl (C=O) groups excluding carboxylic acids is 1. The first-order valence-electron chi connectivity index (χ1n) is 10.9. The third-order valence-electron chi connectivity index (χ3n) is 5.76. The highest BCUT2D eigenvalue weighted by molar-refractivity contribution is 5.80. The Kier molecular flexibility index (Phi) is 8.57. The lowest BCUT2D eigenvalue weighted by Gasteiger charge is -2.22. The Morgan fingerprint density at radius 3 is 2.45 bits per heavy atom. The number of aliphatic hydroxyl groups excluding tert-OH is 1. The number of amides is 1. The molecule has 2 N–H and O–H groups in total. The molecule has 3 rings (SSSR count). The summed E-state index contributed by atoms with van der Waals surface area (Å²) in [5.74, 6) is 1.28. The van der Waals surface area contributed by atoms with E-state index in [0.29, 0.717) is 25.5 Å². The number of rotatable bonds is 10. The average molecular weight is 396 g/mol. The minimum atomic E-state index is -0.884. The second kappa shape index (κ2) is 11.6. The van der Waals surface area contributed by atoms with Crippen molar-refractivity contribution in [2.75, 3.05) is 6.54 Å². The van der Waals surface area contributed by atoms with Crippen LogP contribution in [0.5, 0.6) is 5.75 Å². The average Bonchev–Trinajstić information content (AvgIpc) is 2.78. The Hall–Kier alpha value is -2.33. The molecular weight excluding hydrogens is 362 g/mol. The predicted molar refractivity (Wildman–Crippen MR) is 116 cm³/mol. The zero-order chi connectivity index (χ0) is 20.3. The van der Waals surface area contributed by atoms with Crippen LogP contribution in [0.1, 0.15) is 56.1 Å². The molecule has 1 amide bonds. The van der Waals surface area contributed by atoms with Crippen molar-refractivity contribution in [1.82, 2.24) is 5.32 Å². The fraction of sp³-hybridized carbons (Fsp3) is 0.480. The molecule has 29 heavy (non-hydrogen) atoms. The van der Waals surface area contributed by atoms with Crippen molar-refractivity contribution in [2.45, 2.75) is 64.1 Å². The van der Waals surface area contributed by atoms with Gasteiger partial charge in [-0.1, -0.05) is 74.6 Å². The monoisotopic (exact) mass is 395 g/mol. The Morgan fingerprint density at radius 1 is 1.00 bits per heavy atom. The summed E-state index contributed by atoms with van der Waals surface area (Å²) < 4.78 is 5.80. The maximum Gasteiger partial charge on any atom is 0.248 e. The second-order valence-electron chi connectivity index (χ2n) is 8.06. The third kappa shape index (κ3) is 7.54. The van der Waals surface area contributed by atoms with Gasteiger partial charge in [-0.15, -0.1) is 0 Å². The van der Waals surface area contributed by atoms with E-state index in [-0.39, 0.29) is 5.91 Å². The van der Waals surface area contributed by atoms with Gasteiger partial charge in [-0.3, -0.25) is 4.79 Å². The molecule has 156 valence electrons. The van der Waals surface area contributed by atoms with Crippen LogP contribution in [0.25, 0.3) is 0 Å². The van der Waals surface area contributed by atoms with E-state index in [1.807, 2.05) is 54.6 Å². The molecule has 4 nitrogen and oxygen atoms in total. The Bertz CT molecular complexity index is 723. The first-order chi connectivity index (χ1) is 14.2. The van der Waals surface area contributed by atoms with E-state index in [2.05, 4.69) is 5.32 Å². The minimum absolute atomic E-state index is 0.247. The highest BCUT2D eigenvalue weighted by Gasteiger charge is 2.19. The van der Waals surface area contributed by atoms with Crippen LogP contribution in [0.2, 0.25) is 0 Å². The van der Waals surface area contributed by atoms with Crippen LogP contribution in [0.4, 0.5) is 0 Å².